The highest BCUT2D eigenvalue weighted by molar-refractivity contribution is 5.83. The Morgan fingerprint density at radius 2 is 1.85 bits per heavy atom. The highest BCUT2D eigenvalue weighted by atomic mass is 19.1. The van der Waals surface area contributed by atoms with E-state index in [1.807, 2.05) is 43.7 Å². The summed E-state index contributed by atoms with van der Waals surface area (Å²) in [6.07, 6.45) is 2.89. The van der Waals surface area contributed by atoms with Gasteiger partial charge in [0.15, 0.2) is 11.6 Å². The number of nitrogens with zero attached hydrogens (tertiary/aromatic N) is 6. The molecule has 0 spiro atoms. The third-order valence-electron chi connectivity index (χ3n) is 6.07. The maximum Gasteiger partial charge on any atom is 0.229 e. The third kappa shape index (κ3) is 4.23. The van der Waals surface area contributed by atoms with Crippen LogP contribution < -0.4 is 5.32 Å². The Balaban J connectivity index is 1.42. The highest BCUT2D eigenvalue weighted by Crippen LogP contribution is 2.30. The minimum atomic E-state index is -0.635. The van der Waals surface area contributed by atoms with Crippen molar-refractivity contribution in [1.29, 1.82) is 0 Å². The Morgan fingerprint density at radius 3 is 2.53 bits per heavy atom. The van der Waals surface area contributed by atoms with Crippen LogP contribution in [0.5, 0.6) is 0 Å². The van der Waals surface area contributed by atoms with E-state index in [2.05, 4.69) is 37.1 Å². The Morgan fingerprint density at radius 1 is 1.06 bits per heavy atom. The molecule has 34 heavy (non-hydrogen) atoms. The molecule has 0 aliphatic carbocycles. The molecule has 4 heterocycles. The lowest BCUT2D eigenvalue weighted by molar-refractivity contribution is 0.105. The summed E-state index contributed by atoms with van der Waals surface area (Å²) in [6, 6.07) is 6.91. The van der Waals surface area contributed by atoms with Gasteiger partial charge >= 0.3 is 0 Å². The van der Waals surface area contributed by atoms with Gasteiger partial charge in [-0.2, -0.15) is 0 Å². The van der Waals surface area contributed by atoms with Crippen LogP contribution in [0.15, 0.2) is 36.7 Å². The fourth-order valence-corrected chi connectivity index (χ4v) is 4.61. The van der Waals surface area contributed by atoms with Gasteiger partial charge in [0, 0.05) is 37.4 Å². The van der Waals surface area contributed by atoms with Gasteiger partial charge in [-0.05, 0) is 50.5 Å². The molecule has 1 aliphatic rings. The summed E-state index contributed by atoms with van der Waals surface area (Å²) in [5, 5.41) is 3.02. The number of nitrogens with one attached hydrogen (secondary N) is 1. The van der Waals surface area contributed by atoms with Gasteiger partial charge in [0.1, 0.15) is 22.9 Å². The molecule has 0 atom stereocenters. The topological polar surface area (TPSA) is 71.8 Å². The fourth-order valence-electron chi connectivity index (χ4n) is 4.61. The van der Waals surface area contributed by atoms with Crippen molar-refractivity contribution in [2.75, 3.05) is 18.4 Å². The van der Waals surface area contributed by atoms with Gasteiger partial charge in [-0.25, -0.2) is 28.7 Å². The molecule has 176 valence electrons. The lowest BCUT2D eigenvalue weighted by Crippen LogP contribution is -2.44. The molecule has 0 unspecified atom stereocenters. The van der Waals surface area contributed by atoms with E-state index in [-0.39, 0.29) is 23.2 Å². The quantitative estimate of drug-likeness (QED) is 0.421. The van der Waals surface area contributed by atoms with Crippen LogP contribution in [-0.2, 0) is 6.54 Å². The molecular formula is C25H27F2N7. The standard InChI is InChI=1S/C25H27F2N7/c1-14(2)34-16(4)30-24-19(26)7-18(8-21(24)34)23-20(27)10-29-25(32-23)31-22-6-5-17(9-28-22)13-33-11-15(3)12-33/h5-10,14-15H,11-13H2,1-4H3,(H,28,29,31,32). The first-order chi connectivity index (χ1) is 16.3. The van der Waals surface area contributed by atoms with E-state index < -0.39 is 11.6 Å². The maximum atomic E-state index is 14.9. The molecule has 0 bridgehead atoms. The molecule has 4 aromatic rings. The predicted molar refractivity (Wildman–Crippen MR) is 128 cm³/mol. The zero-order valence-electron chi connectivity index (χ0n) is 19.7. The van der Waals surface area contributed by atoms with Gasteiger partial charge in [-0.1, -0.05) is 13.0 Å². The average molecular weight is 464 g/mol. The number of rotatable bonds is 6. The number of fused-ring (bicyclic) bond motifs is 1. The third-order valence-corrected chi connectivity index (χ3v) is 6.07. The average Bonchev–Trinajstić information content (AvgIpc) is 3.12. The van der Waals surface area contributed by atoms with Crippen molar-refractivity contribution in [2.45, 2.75) is 40.3 Å². The van der Waals surface area contributed by atoms with Crippen molar-refractivity contribution in [3.05, 3.63) is 59.7 Å². The van der Waals surface area contributed by atoms with Crippen LogP contribution in [0.4, 0.5) is 20.5 Å². The summed E-state index contributed by atoms with van der Waals surface area (Å²) < 4.78 is 31.5. The Kier molecular flexibility index (Phi) is 5.73. The Bertz CT molecular complexity index is 1340. The summed E-state index contributed by atoms with van der Waals surface area (Å²) >= 11 is 0. The van der Waals surface area contributed by atoms with Gasteiger partial charge in [-0.15, -0.1) is 0 Å². The number of pyridine rings is 1. The first-order valence-electron chi connectivity index (χ1n) is 11.4. The Labute approximate surface area is 196 Å². The summed E-state index contributed by atoms with van der Waals surface area (Å²) in [5.41, 5.74) is 2.32. The number of benzene rings is 1. The maximum absolute atomic E-state index is 14.9. The predicted octanol–water partition coefficient (Wildman–Crippen LogP) is 5.25. The second-order valence-corrected chi connectivity index (χ2v) is 9.31. The number of hydrogen-bond acceptors (Lipinski definition) is 6. The van der Waals surface area contributed by atoms with Crippen molar-refractivity contribution in [3.8, 4) is 11.3 Å². The van der Waals surface area contributed by atoms with Crippen molar-refractivity contribution < 1.29 is 8.78 Å². The molecule has 0 saturated carbocycles. The molecule has 7 nitrogen and oxygen atoms in total. The number of aromatic nitrogens is 5. The molecule has 0 radical (unpaired) electrons. The summed E-state index contributed by atoms with van der Waals surface area (Å²) in [6.45, 7) is 11.1. The van der Waals surface area contributed by atoms with Crippen molar-refractivity contribution in [2.24, 2.45) is 5.92 Å². The first-order valence-corrected chi connectivity index (χ1v) is 11.4. The normalized spacial score (nSPS) is 14.7. The van der Waals surface area contributed by atoms with Crippen LogP contribution in [0.3, 0.4) is 0 Å². The van der Waals surface area contributed by atoms with Gasteiger partial charge in [-0.3, -0.25) is 4.90 Å². The second kappa shape index (κ2) is 8.72. The zero-order chi connectivity index (χ0) is 24.0. The summed E-state index contributed by atoms with van der Waals surface area (Å²) in [4.78, 5) is 19.5. The van der Waals surface area contributed by atoms with Gasteiger partial charge < -0.3 is 9.88 Å². The van der Waals surface area contributed by atoms with Crippen LogP contribution in [0.1, 0.15) is 38.2 Å². The minimum absolute atomic E-state index is 0.0102. The number of hydrogen-bond donors (Lipinski definition) is 1. The molecular weight excluding hydrogens is 436 g/mol. The number of anilines is 2. The summed E-state index contributed by atoms with van der Waals surface area (Å²) in [5.74, 6) is 1.03. The molecule has 9 heteroatoms. The molecule has 1 N–H and O–H groups in total. The van der Waals surface area contributed by atoms with Crippen molar-refractivity contribution in [1.82, 2.24) is 29.4 Å². The van der Waals surface area contributed by atoms with Crippen LogP contribution in [0.2, 0.25) is 0 Å². The second-order valence-electron chi connectivity index (χ2n) is 9.31. The molecule has 1 saturated heterocycles. The van der Waals surface area contributed by atoms with E-state index in [0.29, 0.717) is 22.7 Å². The van der Waals surface area contributed by atoms with E-state index in [0.717, 1.165) is 37.3 Å². The van der Waals surface area contributed by atoms with E-state index in [1.54, 1.807) is 6.07 Å². The molecule has 0 amide bonds. The monoisotopic (exact) mass is 463 g/mol. The largest absolute Gasteiger partial charge is 0.326 e. The van der Waals surface area contributed by atoms with Gasteiger partial charge in [0.25, 0.3) is 0 Å². The van der Waals surface area contributed by atoms with Crippen molar-refractivity contribution in [3.63, 3.8) is 0 Å². The van der Waals surface area contributed by atoms with Crippen LogP contribution >= 0.6 is 0 Å². The lowest BCUT2D eigenvalue weighted by atomic mass is 10.0. The van der Waals surface area contributed by atoms with E-state index in [4.69, 9.17) is 0 Å². The zero-order valence-corrected chi connectivity index (χ0v) is 19.7. The number of halogens is 2. The van der Waals surface area contributed by atoms with E-state index in [9.17, 15) is 8.78 Å². The molecule has 1 aliphatic heterocycles. The molecule has 1 fully saturated rings. The van der Waals surface area contributed by atoms with Crippen LogP contribution in [0, 0.1) is 24.5 Å². The lowest BCUT2D eigenvalue weighted by Gasteiger charge is -2.37. The van der Waals surface area contributed by atoms with Crippen LogP contribution in [0.25, 0.3) is 22.3 Å². The minimum Gasteiger partial charge on any atom is -0.326 e. The Hall–Kier alpha value is -3.46. The molecule has 3 aromatic heterocycles. The number of imidazole rings is 1. The highest BCUT2D eigenvalue weighted by Gasteiger charge is 2.22. The fraction of sp³-hybridized carbons (Fsp3) is 0.360. The first kappa shape index (κ1) is 22.3. The molecule has 5 rings (SSSR count). The van der Waals surface area contributed by atoms with Gasteiger partial charge in [0.2, 0.25) is 5.95 Å². The molecule has 1 aromatic carbocycles. The van der Waals surface area contributed by atoms with Gasteiger partial charge in [0.05, 0.1) is 11.7 Å². The van der Waals surface area contributed by atoms with Crippen LogP contribution in [-0.4, -0.2) is 42.5 Å². The van der Waals surface area contributed by atoms with Crippen molar-refractivity contribution >= 4 is 22.8 Å². The number of aryl methyl sites for hydroxylation is 1. The van der Waals surface area contributed by atoms with E-state index >= 15 is 0 Å². The SMILES string of the molecule is Cc1nc2c(F)cc(-c3nc(Nc4ccc(CN5CC(C)C5)cn4)ncc3F)cc2n1C(C)C. The number of likely N-dealkylation sites (tertiary alicyclic amines) is 1. The van der Waals surface area contributed by atoms with E-state index in [1.165, 1.54) is 6.07 Å². The smallest absolute Gasteiger partial charge is 0.229 e. The summed E-state index contributed by atoms with van der Waals surface area (Å²) in [7, 11) is 0.